The second kappa shape index (κ2) is 6.33. The van der Waals surface area contributed by atoms with Gasteiger partial charge in [0.05, 0.1) is 11.7 Å². The highest BCUT2D eigenvalue weighted by Gasteiger charge is 2.29. The van der Waals surface area contributed by atoms with Crippen LogP contribution in [0.25, 0.3) is 11.5 Å². The molecule has 0 amide bonds. The van der Waals surface area contributed by atoms with E-state index in [1.165, 1.54) is 5.56 Å². The summed E-state index contributed by atoms with van der Waals surface area (Å²) in [5.41, 5.74) is 2.07. The van der Waals surface area contributed by atoms with Crippen molar-refractivity contribution in [2.24, 2.45) is 0 Å². The summed E-state index contributed by atoms with van der Waals surface area (Å²) in [5, 5.41) is 8.11. The maximum absolute atomic E-state index is 6.12. The summed E-state index contributed by atoms with van der Waals surface area (Å²) in [6.07, 6.45) is 1.95. The first-order valence-corrected chi connectivity index (χ1v) is 8.83. The first-order chi connectivity index (χ1) is 11.7. The van der Waals surface area contributed by atoms with Crippen LogP contribution in [0.2, 0.25) is 0 Å². The summed E-state index contributed by atoms with van der Waals surface area (Å²) in [5.74, 6) is 1.98. The fourth-order valence-corrected chi connectivity index (χ4v) is 3.69. The highest BCUT2D eigenvalue weighted by Crippen LogP contribution is 2.33. The van der Waals surface area contributed by atoms with Gasteiger partial charge in [-0.3, -0.25) is 0 Å². The van der Waals surface area contributed by atoms with Crippen LogP contribution in [0.3, 0.4) is 0 Å². The lowest BCUT2D eigenvalue weighted by atomic mass is 10.1. The Morgan fingerprint density at radius 1 is 1.29 bits per heavy atom. The van der Waals surface area contributed by atoms with Crippen LogP contribution in [0.15, 0.2) is 39.7 Å². The first kappa shape index (κ1) is 15.3. The lowest BCUT2D eigenvalue weighted by Crippen LogP contribution is -2.43. The van der Waals surface area contributed by atoms with Gasteiger partial charge in [0.2, 0.25) is 0 Å². The molecule has 0 saturated carbocycles. The van der Waals surface area contributed by atoms with Crippen LogP contribution in [0, 0.1) is 6.92 Å². The van der Waals surface area contributed by atoms with Crippen LogP contribution in [-0.4, -0.2) is 34.3 Å². The highest BCUT2D eigenvalue weighted by atomic mass is 32.1. The van der Waals surface area contributed by atoms with Gasteiger partial charge in [-0.2, -0.15) is 16.3 Å². The Morgan fingerprint density at radius 2 is 2.21 bits per heavy atom. The molecule has 2 atom stereocenters. The number of aryl methyl sites for hydroxylation is 1. The van der Waals surface area contributed by atoms with Gasteiger partial charge in [-0.05, 0) is 48.4 Å². The number of anilines is 1. The zero-order chi connectivity index (χ0) is 16.5. The Hall–Kier alpha value is -2.25. The molecule has 0 unspecified atom stereocenters. The minimum absolute atomic E-state index is 0.0410. The van der Waals surface area contributed by atoms with Gasteiger partial charge in [-0.15, -0.1) is 0 Å². The zero-order valence-electron chi connectivity index (χ0n) is 13.5. The van der Waals surface area contributed by atoms with E-state index in [4.69, 9.17) is 9.26 Å². The SMILES string of the molecule is Cc1noc(-c2cccnc2N2C[C@@H](C)O[C@H](c3ccsc3)C2)n1. The van der Waals surface area contributed by atoms with Crippen LogP contribution in [0.1, 0.15) is 24.4 Å². The maximum atomic E-state index is 6.12. The van der Waals surface area contributed by atoms with E-state index in [1.807, 2.05) is 19.1 Å². The van der Waals surface area contributed by atoms with Crippen molar-refractivity contribution in [2.45, 2.75) is 26.1 Å². The van der Waals surface area contributed by atoms with Crippen molar-refractivity contribution < 1.29 is 9.26 Å². The molecule has 1 saturated heterocycles. The van der Waals surface area contributed by atoms with Crippen LogP contribution in [-0.2, 0) is 4.74 Å². The predicted molar refractivity (Wildman–Crippen MR) is 92.1 cm³/mol. The maximum Gasteiger partial charge on any atom is 0.261 e. The number of thiophene rings is 1. The second-order valence-corrected chi connectivity index (χ2v) is 6.70. The van der Waals surface area contributed by atoms with Crippen LogP contribution >= 0.6 is 11.3 Å². The lowest BCUT2D eigenvalue weighted by molar-refractivity contribution is -0.0173. The van der Waals surface area contributed by atoms with Gasteiger partial charge in [0, 0.05) is 19.3 Å². The Bertz CT molecular complexity index is 818. The molecule has 3 aromatic heterocycles. The van der Waals surface area contributed by atoms with Crippen molar-refractivity contribution >= 4 is 17.2 Å². The second-order valence-electron chi connectivity index (χ2n) is 5.92. The highest BCUT2D eigenvalue weighted by molar-refractivity contribution is 7.07. The van der Waals surface area contributed by atoms with Crippen molar-refractivity contribution in [1.82, 2.24) is 15.1 Å². The summed E-state index contributed by atoms with van der Waals surface area (Å²) in [4.78, 5) is 11.2. The summed E-state index contributed by atoms with van der Waals surface area (Å²) in [6.45, 7) is 5.42. The van der Waals surface area contributed by atoms with Crippen LogP contribution < -0.4 is 4.90 Å². The van der Waals surface area contributed by atoms with Gasteiger partial charge >= 0.3 is 0 Å². The van der Waals surface area contributed by atoms with Gasteiger partial charge in [0.15, 0.2) is 5.82 Å². The number of hydrogen-bond acceptors (Lipinski definition) is 7. The van der Waals surface area contributed by atoms with Gasteiger partial charge in [0.1, 0.15) is 11.9 Å². The molecule has 1 aliphatic rings. The molecule has 1 fully saturated rings. The number of pyridine rings is 1. The molecule has 3 aromatic rings. The molecular weight excluding hydrogens is 324 g/mol. The number of nitrogens with zero attached hydrogens (tertiary/aromatic N) is 4. The molecule has 24 heavy (non-hydrogen) atoms. The van der Waals surface area contributed by atoms with Crippen molar-refractivity contribution in [1.29, 1.82) is 0 Å². The molecule has 0 N–H and O–H groups in total. The van der Waals surface area contributed by atoms with E-state index in [1.54, 1.807) is 17.5 Å². The minimum Gasteiger partial charge on any atom is -0.367 e. The van der Waals surface area contributed by atoms with E-state index >= 15 is 0 Å². The number of morpholine rings is 1. The average Bonchev–Trinajstić information content (AvgIpc) is 3.26. The van der Waals surface area contributed by atoms with Gasteiger partial charge in [-0.25, -0.2) is 4.98 Å². The standard InChI is InChI=1S/C17H18N4O2S/c1-11-8-21(9-15(22-11)13-5-7-24-10-13)16-14(4-3-6-18-16)17-19-12(2)20-23-17/h3-7,10-11,15H,8-9H2,1-2H3/t11-,15+/m1/s1. The largest absolute Gasteiger partial charge is 0.367 e. The van der Waals surface area contributed by atoms with Gasteiger partial charge in [0.25, 0.3) is 5.89 Å². The molecule has 4 heterocycles. The van der Waals surface area contributed by atoms with Crippen molar-refractivity contribution in [3.05, 3.63) is 46.5 Å². The Morgan fingerprint density at radius 3 is 2.96 bits per heavy atom. The van der Waals surface area contributed by atoms with E-state index in [2.05, 4.69) is 43.8 Å². The van der Waals surface area contributed by atoms with E-state index in [0.29, 0.717) is 11.7 Å². The van der Waals surface area contributed by atoms with E-state index in [9.17, 15) is 0 Å². The summed E-state index contributed by atoms with van der Waals surface area (Å²) in [7, 11) is 0. The predicted octanol–water partition coefficient (Wildman–Crippen LogP) is 3.47. The molecule has 6 nitrogen and oxygen atoms in total. The average molecular weight is 342 g/mol. The molecule has 0 spiro atoms. The molecule has 0 bridgehead atoms. The van der Waals surface area contributed by atoms with Crippen LogP contribution in [0.5, 0.6) is 0 Å². The van der Waals surface area contributed by atoms with Gasteiger partial charge < -0.3 is 14.2 Å². The molecule has 0 aromatic carbocycles. The summed E-state index contributed by atoms with van der Waals surface area (Å²) >= 11 is 1.69. The molecule has 1 aliphatic heterocycles. The third-order valence-corrected chi connectivity index (χ3v) is 4.72. The van der Waals surface area contributed by atoms with Crippen molar-refractivity contribution in [3.8, 4) is 11.5 Å². The topological polar surface area (TPSA) is 64.3 Å². The third kappa shape index (κ3) is 2.92. The Labute approximate surface area is 144 Å². The quantitative estimate of drug-likeness (QED) is 0.726. The smallest absolute Gasteiger partial charge is 0.261 e. The van der Waals surface area contributed by atoms with E-state index in [0.717, 1.165) is 24.5 Å². The minimum atomic E-state index is 0.0410. The van der Waals surface area contributed by atoms with Crippen molar-refractivity contribution in [3.63, 3.8) is 0 Å². The fraction of sp³-hybridized carbons (Fsp3) is 0.353. The lowest BCUT2D eigenvalue weighted by Gasteiger charge is -2.37. The molecular formula is C17H18N4O2S. The van der Waals surface area contributed by atoms with Crippen LogP contribution in [0.4, 0.5) is 5.82 Å². The number of rotatable bonds is 3. The number of aromatic nitrogens is 3. The molecule has 0 aliphatic carbocycles. The summed E-state index contributed by atoms with van der Waals surface area (Å²) < 4.78 is 11.5. The number of hydrogen-bond donors (Lipinski definition) is 0. The van der Waals surface area contributed by atoms with Crippen molar-refractivity contribution in [2.75, 3.05) is 18.0 Å². The molecule has 124 valence electrons. The summed E-state index contributed by atoms with van der Waals surface area (Å²) in [6, 6.07) is 5.97. The molecule has 4 rings (SSSR count). The monoisotopic (exact) mass is 342 g/mol. The molecule has 7 heteroatoms. The van der Waals surface area contributed by atoms with E-state index < -0.39 is 0 Å². The number of ether oxygens (including phenoxy) is 1. The van der Waals surface area contributed by atoms with E-state index in [-0.39, 0.29) is 12.2 Å². The normalized spacial score (nSPS) is 21.2. The Kier molecular flexibility index (Phi) is 4.03. The third-order valence-electron chi connectivity index (χ3n) is 4.02. The first-order valence-electron chi connectivity index (χ1n) is 7.89. The zero-order valence-corrected chi connectivity index (χ0v) is 14.4. The Balaban J connectivity index is 1.68. The van der Waals surface area contributed by atoms with Gasteiger partial charge in [-0.1, -0.05) is 5.16 Å². The fourth-order valence-electron chi connectivity index (χ4n) is 2.99. The molecule has 0 radical (unpaired) electrons.